The van der Waals surface area contributed by atoms with Crippen LogP contribution in [-0.2, 0) is 0 Å². The monoisotopic (exact) mass is 265 g/mol. The van der Waals surface area contributed by atoms with Crippen molar-refractivity contribution in [1.29, 1.82) is 0 Å². The molecule has 0 amide bonds. The predicted molar refractivity (Wildman–Crippen MR) is 62.6 cm³/mol. The zero-order valence-corrected chi connectivity index (χ0v) is 9.40. The van der Waals surface area contributed by atoms with E-state index < -0.39 is 6.16 Å². The van der Waals surface area contributed by atoms with E-state index in [4.69, 9.17) is 49.7 Å². The van der Waals surface area contributed by atoms with Crippen molar-refractivity contribution in [3.8, 4) is 0 Å². The molecule has 0 fully saturated rings. The summed E-state index contributed by atoms with van der Waals surface area (Å²) in [5.74, 6) is -0.0285. The van der Waals surface area contributed by atoms with E-state index in [0.717, 1.165) is 0 Å². The minimum atomic E-state index is -1.83. The number of hydrogen-bond acceptors (Lipinski definition) is 2. The molecule has 0 bridgehead atoms. The number of hydrogen-bond donors (Lipinski definition) is 4. The topological polar surface area (TPSA) is 122 Å². The van der Waals surface area contributed by atoms with Gasteiger partial charge in [0.1, 0.15) is 0 Å². The van der Waals surface area contributed by atoms with Crippen LogP contribution in [0.25, 0.3) is 0 Å². The second-order valence-electron chi connectivity index (χ2n) is 2.41. The molecule has 0 saturated carbocycles. The maximum atomic E-state index is 8.56. The number of guanidine groups is 1. The largest absolute Gasteiger partial charge is 0.503 e. The van der Waals surface area contributed by atoms with E-state index in [-0.39, 0.29) is 5.96 Å². The maximum Gasteiger partial charge on any atom is 0.503 e. The fourth-order valence-electron chi connectivity index (χ4n) is 0.711. The van der Waals surface area contributed by atoms with Crippen LogP contribution in [-0.4, -0.2) is 22.3 Å². The van der Waals surface area contributed by atoms with Gasteiger partial charge in [0.15, 0.2) is 5.96 Å². The van der Waals surface area contributed by atoms with Crippen LogP contribution in [0.2, 0.25) is 10.0 Å². The lowest BCUT2D eigenvalue weighted by Gasteiger charge is -1.98. The molecule has 0 aliphatic carbocycles. The predicted octanol–water partition coefficient (Wildman–Crippen LogP) is 2.12. The average molecular weight is 266 g/mol. The van der Waals surface area contributed by atoms with Crippen molar-refractivity contribution in [1.82, 2.24) is 0 Å². The molecule has 0 heterocycles. The van der Waals surface area contributed by atoms with Crippen molar-refractivity contribution in [2.45, 2.75) is 0 Å². The van der Waals surface area contributed by atoms with Gasteiger partial charge >= 0.3 is 6.16 Å². The summed E-state index contributed by atoms with van der Waals surface area (Å²) in [4.78, 5) is 12.3. The summed E-state index contributed by atoms with van der Waals surface area (Å²) in [6.07, 6.45) is -1.83. The molecule has 16 heavy (non-hydrogen) atoms. The number of nitrogens with two attached hydrogens (primary N) is 2. The van der Waals surface area contributed by atoms with Crippen LogP contribution in [0, 0.1) is 0 Å². The maximum absolute atomic E-state index is 8.56. The highest BCUT2D eigenvalue weighted by atomic mass is 35.5. The summed E-state index contributed by atoms with van der Waals surface area (Å²) < 4.78 is 0. The van der Waals surface area contributed by atoms with Gasteiger partial charge in [-0.25, -0.2) is 9.79 Å². The van der Waals surface area contributed by atoms with E-state index in [9.17, 15) is 0 Å². The van der Waals surface area contributed by atoms with Gasteiger partial charge in [0.25, 0.3) is 0 Å². The molecule has 0 unspecified atom stereocenters. The van der Waals surface area contributed by atoms with Gasteiger partial charge in [-0.3, -0.25) is 0 Å². The van der Waals surface area contributed by atoms with Crippen LogP contribution in [0.5, 0.6) is 0 Å². The van der Waals surface area contributed by atoms with Crippen molar-refractivity contribution in [2.75, 3.05) is 0 Å². The summed E-state index contributed by atoms with van der Waals surface area (Å²) in [5.41, 5.74) is 10.8. The van der Waals surface area contributed by atoms with Gasteiger partial charge in [-0.05, 0) is 18.2 Å². The van der Waals surface area contributed by atoms with Gasteiger partial charge in [0.2, 0.25) is 0 Å². The summed E-state index contributed by atoms with van der Waals surface area (Å²) in [6.45, 7) is 0. The second-order valence-corrected chi connectivity index (χ2v) is 3.26. The molecule has 8 heteroatoms. The molecule has 0 spiro atoms. The van der Waals surface area contributed by atoms with Gasteiger partial charge in [0, 0.05) is 5.02 Å². The molecular formula is C8H9Cl2N3O3. The molecule has 0 aromatic heterocycles. The van der Waals surface area contributed by atoms with E-state index in [1.165, 1.54) is 0 Å². The first-order chi connectivity index (χ1) is 7.32. The lowest BCUT2D eigenvalue weighted by atomic mass is 10.3. The Bertz CT molecular complexity index is 402. The normalized spacial score (nSPS) is 8.62. The zero-order chi connectivity index (χ0) is 12.7. The third-order valence-electron chi connectivity index (χ3n) is 1.16. The van der Waals surface area contributed by atoms with Crippen LogP contribution in [0.1, 0.15) is 0 Å². The van der Waals surface area contributed by atoms with Gasteiger partial charge in [-0.2, -0.15) is 0 Å². The molecule has 0 atom stereocenters. The van der Waals surface area contributed by atoms with E-state index in [2.05, 4.69) is 4.99 Å². The van der Waals surface area contributed by atoms with Gasteiger partial charge < -0.3 is 21.7 Å². The van der Waals surface area contributed by atoms with Crippen LogP contribution >= 0.6 is 23.2 Å². The lowest BCUT2D eigenvalue weighted by molar-refractivity contribution is 0.137. The fraction of sp³-hybridized carbons (Fsp3) is 0. The van der Waals surface area contributed by atoms with Crippen molar-refractivity contribution in [3.63, 3.8) is 0 Å². The molecule has 6 nitrogen and oxygen atoms in total. The van der Waals surface area contributed by atoms with E-state index in [1.807, 2.05) is 0 Å². The van der Waals surface area contributed by atoms with Crippen molar-refractivity contribution in [3.05, 3.63) is 28.2 Å². The van der Waals surface area contributed by atoms with Gasteiger partial charge in [-0.1, -0.05) is 23.2 Å². The Morgan fingerprint density at radius 1 is 1.25 bits per heavy atom. The number of carboxylic acid groups (broad SMARTS) is 2. The zero-order valence-electron chi connectivity index (χ0n) is 7.89. The lowest BCUT2D eigenvalue weighted by Crippen LogP contribution is -2.21. The Morgan fingerprint density at radius 3 is 2.12 bits per heavy atom. The van der Waals surface area contributed by atoms with Crippen LogP contribution in [0.3, 0.4) is 0 Å². The third-order valence-corrected chi connectivity index (χ3v) is 1.70. The molecule has 1 rings (SSSR count). The first-order valence-corrected chi connectivity index (χ1v) is 4.55. The summed E-state index contributed by atoms with van der Waals surface area (Å²) in [5, 5.41) is 14.9. The molecule has 1 aromatic carbocycles. The number of halogens is 2. The minimum absolute atomic E-state index is 0.0285. The third kappa shape index (κ3) is 6.74. The highest BCUT2D eigenvalue weighted by Gasteiger charge is 1.98. The SMILES string of the molecule is NC(N)=Nc1ccc(Cl)cc1Cl.O=C(O)O. The Balaban J connectivity index is 0.000000487. The van der Waals surface area contributed by atoms with Gasteiger partial charge in [-0.15, -0.1) is 0 Å². The standard InChI is InChI=1S/C7H7Cl2N3.CH2O3/c8-4-1-2-6(5(9)3-4)12-7(10)11;2-1(3)4/h1-3H,(H4,10,11,12);(H2,2,3,4). The molecule has 88 valence electrons. The smallest absolute Gasteiger partial charge is 0.450 e. The number of aliphatic imine (C=N–C) groups is 1. The number of benzene rings is 1. The van der Waals surface area contributed by atoms with Crippen molar-refractivity contribution < 1.29 is 15.0 Å². The Morgan fingerprint density at radius 2 is 1.75 bits per heavy atom. The highest BCUT2D eigenvalue weighted by Crippen LogP contribution is 2.27. The molecular weight excluding hydrogens is 257 g/mol. The highest BCUT2D eigenvalue weighted by molar-refractivity contribution is 6.36. The molecule has 6 N–H and O–H groups in total. The van der Waals surface area contributed by atoms with Crippen LogP contribution < -0.4 is 11.5 Å². The number of carbonyl (C=O) groups is 1. The van der Waals surface area contributed by atoms with Crippen molar-refractivity contribution >= 4 is 41.0 Å². The number of rotatable bonds is 1. The van der Waals surface area contributed by atoms with Crippen LogP contribution in [0.4, 0.5) is 10.5 Å². The molecule has 0 radical (unpaired) electrons. The first kappa shape index (κ1) is 14.3. The van der Waals surface area contributed by atoms with E-state index >= 15 is 0 Å². The number of nitrogens with zero attached hydrogens (tertiary/aromatic N) is 1. The van der Waals surface area contributed by atoms with E-state index in [1.54, 1.807) is 18.2 Å². The van der Waals surface area contributed by atoms with Crippen LogP contribution in [0.15, 0.2) is 23.2 Å². The Hall–Kier alpha value is -1.66. The summed E-state index contributed by atoms with van der Waals surface area (Å²) in [7, 11) is 0. The molecule has 1 aromatic rings. The molecule has 0 aliphatic rings. The molecule has 0 aliphatic heterocycles. The van der Waals surface area contributed by atoms with Gasteiger partial charge in [0.05, 0.1) is 10.7 Å². The second kappa shape index (κ2) is 6.76. The summed E-state index contributed by atoms with van der Waals surface area (Å²) in [6, 6.07) is 4.88. The average Bonchev–Trinajstić information content (AvgIpc) is 2.08. The summed E-state index contributed by atoms with van der Waals surface area (Å²) >= 11 is 11.4. The molecule has 0 saturated heterocycles. The Labute approximate surface area is 101 Å². The quantitative estimate of drug-likeness (QED) is 0.458. The first-order valence-electron chi connectivity index (χ1n) is 3.79. The van der Waals surface area contributed by atoms with Crippen molar-refractivity contribution in [2.24, 2.45) is 16.5 Å². The Kier molecular flexibility index (Phi) is 6.06. The fourth-order valence-corrected chi connectivity index (χ4v) is 1.16. The minimum Gasteiger partial charge on any atom is -0.450 e. The van der Waals surface area contributed by atoms with E-state index in [0.29, 0.717) is 15.7 Å².